The molecule has 96 valence electrons. The Kier molecular flexibility index (Phi) is 2.38. The second-order valence-corrected chi connectivity index (χ2v) is 4.49. The Bertz CT molecular complexity index is 690. The topological polar surface area (TPSA) is 92.1 Å². The van der Waals surface area contributed by atoms with Crippen molar-refractivity contribution in [2.45, 2.75) is 13.5 Å². The minimum Gasteiger partial charge on any atom is -0.398 e. The molecule has 0 bridgehead atoms. The van der Waals surface area contributed by atoms with Crippen molar-refractivity contribution >= 4 is 17.5 Å². The van der Waals surface area contributed by atoms with Crippen LogP contribution in [0.3, 0.4) is 0 Å². The molecule has 3 rings (SSSR count). The van der Waals surface area contributed by atoms with Crippen LogP contribution < -0.4 is 5.73 Å². The fourth-order valence-corrected chi connectivity index (χ4v) is 2.21. The van der Waals surface area contributed by atoms with Crippen LogP contribution in [0.25, 0.3) is 0 Å². The van der Waals surface area contributed by atoms with Crippen LogP contribution in [0.1, 0.15) is 32.0 Å². The van der Waals surface area contributed by atoms with Crippen LogP contribution >= 0.6 is 0 Å². The smallest absolute Gasteiger partial charge is 0.263 e. The van der Waals surface area contributed by atoms with Gasteiger partial charge < -0.3 is 5.73 Å². The number of fused-ring (bicyclic) bond motifs is 1. The molecule has 6 heteroatoms. The number of nitrogens with one attached hydrogen (secondary N) is 1. The first-order chi connectivity index (χ1) is 9.09. The van der Waals surface area contributed by atoms with Crippen molar-refractivity contribution in [3.05, 3.63) is 46.8 Å². The standard InChI is InChI=1S/C13H12N4O2/c1-7-8(5-15-16-7)6-17-12(18)9-3-2-4-10(14)11(9)13(17)19/h2-5H,6,14H2,1H3,(H,15,16). The Morgan fingerprint density at radius 2 is 2.11 bits per heavy atom. The maximum absolute atomic E-state index is 12.3. The number of imide groups is 1. The van der Waals surface area contributed by atoms with Crippen molar-refractivity contribution in [1.82, 2.24) is 15.1 Å². The van der Waals surface area contributed by atoms with E-state index in [1.54, 1.807) is 24.4 Å². The molecular weight excluding hydrogens is 244 g/mol. The van der Waals surface area contributed by atoms with Gasteiger partial charge in [-0.2, -0.15) is 5.10 Å². The number of hydrogen-bond donors (Lipinski definition) is 2. The number of nitrogen functional groups attached to an aromatic ring is 1. The van der Waals surface area contributed by atoms with Crippen LogP contribution in [0.4, 0.5) is 5.69 Å². The summed E-state index contributed by atoms with van der Waals surface area (Å²) in [5, 5.41) is 6.66. The van der Waals surface area contributed by atoms with Crippen LogP contribution in [0, 0.1) is 6.92 Å². The van der Waals surface area contributed by atoms with Gasteiger partial charge in [0.2, 0.25) is 0 Å². The molecule has 3 N–H and O–H groups in total. The number of rotatable bonds is 2. The Labute approximate surface area is 109 Å². The van der Waals surface area contributed by atoms with E-state index in [4.69, 9.17) is 5.73 Å². The molecule has 0 aliphatic carbocycles. The summed E-state index contributed by atoms with van der Waals surface area (Å²) in [5.41, 5.74) is 8.42. The maximum Gasteiger partial charge on any atom is 0.263 e. The molecule has 0 spiro atoms. The van der Waals surface area contributed by atoms with Gasteiger partial charge in [-0.05, 0) is 19.1 Å². The van der Waals surface area contributed by atoms with E-state index in [1.807, 2.05) is 6.92 Å². The first-order valence-electron chi connectivity index (χ1n) is 5.83. The van der Waals surface area contributed by atoms with Gasteiger partial charge in [0.1, 0.15) is 0 Å². The van der Waals surface area contributed by atoms with Gasteiger partial charge in [0.05, 0.1) is 23.9 Å². The number of aryl methyl sites for hydroxylation is 1. The number of benzene rings is 1. The largest absolute Gasteiger partial charge is 0.398 e. The van der Waals surface area contributed by atoms with Crippen molar-refractivity contribution in [3.8, 4) is 0 Å². The number of H-pyrrole nitrogens is 1. The highest BCUT2D eigenvalue weighted by atomic mass is 16.2. The SMILES string of the molecule is Cc1[nH]ncc1CN1C(=O)c2cccc(N)c2C1=O. The number of nitrogens with two attached hydrogens (primary N) is 1. The summed E-state index contributed by atoms with van der Waals surface area (Å²) in [4.78, 5) is 25.7. The fraction of sp³-hybridized carbons (Fsp3) is 0.154. The van der Waals surface area contributed by atoms with Crippen molar-refractivity contribution in [2.24, 2.45) is 0 Å². The third-order valence-electron chi connectivity index (χ3n) is 3.29. The average molecular weight is 256 g/mol. The number of aromatic amines is 1. The molecule has 0 saturated carbocycles. The minimum atomic E-state index is -0.348. The molecule has 1 aliphatic heterocycles. The van der Waals surface area contributed by atoms with Crippen molar-refractivity contribution in [1.29, 1.82) is 0 Å². The monoisotopic (exact) mass is 256 g/mol. The van der Waals surface area contributed by atoms with Gasteiger partial charge in [0, 0.05) is 16.9 Å². The van der Waals surface area contributed by atoms with Crippen molar-refractivity contribution < 1.29 is 9.59 Å². The molecule has 2 aromatic rings. The zero-order chi connectivity index (χ0) is 13.6. The van der Waals surface area contributed by atoms with E-state index in [2.05, 4.69) is 10.2 Å². The molecule has 0 radical (unpaired) electrons. The number of carbonyl (C=O) groups is 2. The van der Waals surface area contributed by atoms with Gasteiger partial charge in [-0.1, -0.05) is 6.07 Å². The number of hydrogen-bond acceptors (Lipinski definition) is 4. The second-order valence-electron chi connectivity index (χ2n) is 4.49. The molecule has 1 aromatic heterocycles. The lowest BCUT2D eigenvalue weighted by Crippen LogP contribution is -2.29. The van der Waals surface area contributed by atoms with E-state index in [-0.39, 0.29) is 18.4 Å². The molecule has 19 heavy (non-hydrogen) atoms. The van der Waals surface area contributed by atoms with Crippen LogP contribution in [-0.2, 0) is 6.54 Å². The molecule has 1 aromatic carbocycles. The Morgan fingerprint density at radius 3 is 2.74 bits per heavy atom. The maximum atomic E-state index is 12.3. The van der Waals surface area contributed by atoms with Crippen LogP contribution in [-0.4, -0.2) is 26.9 Å². The van der Waals surface area contributed by atoms with Crippen LogP contribution in [0.2, 0.25) is 0 Å². The van der Waals surface area contributed by atoms with Gasteiger partial charge in [0.25, 0.3) is 11.8 Å². The van der Waals surface area contributed by atoms with E-state index in [1.165, 1.54) is 4.90 Å². The Morgan fingerprint density at radius 1 is 1.32 bits per heavy atom. The van der Waals surface area contributed by atoms with Crippen molar-refractivity contribution in [3.63, 3.8) is 0 Å². The number of nitrogens with zero attached hydrogens (tertiary/aromatic N) is 2. The molecule has 1 aliphatic rings. The third-order valence-corrected chi connectivity index (χ3v) is 3.29. The lowest BCUT2D eigenvalue weighted by Gasteiger charge is -2.12. The third kappa shape index (κ3) is 1.61. The van der Waals surface area contributed by atoms with E-state index in [0.29, 0.717) is 16.8 Å². The van der Waals surface area contributed by atoms with Crippen molar-refractivity contribution in [2.75, 3.05) is 5.73 Å². The molecule has 2 amide bonds. The summed E-state index contributed by atoms with van der Waals surface area (Å²) in [6, 6.07) is 4.91. The fourth-order valence-electron chi connectivity index (χ4n) is 2.21. The Hall–Kier alpha value is -2.63. The van der Waals surface area contributed by atoms with Crippen LogP contribution in [0.15, 0.2) is 24.4 Å². The zero-order valence-corrected chi connectivity index (χ0v) is 10.3. The number of aromatic nitrogens is 2. The summed E-state index contributed by atoms with van der Waals surface area (Å²) >= 11 is 0. The first-order valence-corrected chi connectivity index (χ1v) is 5.83. The van der Waals surface area contributed by atoms with Gasteiger partial charge in [-0.25, -0.2) is 0 Å². The van der Waals surface area contributed by atoms with E-state index in [0.717, 1.165) is 11.3 Å². The van der Waals surface area contributed by atoms with E-state index < -0.39 is 0 Å². The van der Waals surface area contributed by atoms with Gasteiger partial charge >= 0.3 is 0 Å². The summed E-state index contributed by atoms with van der Waals surface area (Å²) in [7, 11) is 0. The van der Waals surface area contributed by atoms with Gasteiger partial charge in [-0.3, -0.25) is 19.6 Å². The quantitative estimate of drug-likeness (QED) is 0.621. The first kappa shape index (κ1) is 11.5. The second kappa shape index (κ2) is 3.94. The predicted molar refractivity (Wildman–Crippen MR) is 68.4 cm³/mol. The highest BCUT2D eigenvalue weighted by Gasteiger charge is 2.37. The molecule has 0 unspecified atom stereocenters. The summed E-state index contributed by atoms with van der Waals surface area (Å²) < 4.78 is 0. The number of carbonyl (C=O) groups excluding carboxylic acids is 2. The molecule has 6 nitrogen and oxygen atoms in total. The van der Waals surface area contributed by atoms with Gasteiger partial charge in [0.15, 0.2) is 0 Å². The normalized spacial score (nSPS) is 14.1. The minimum absolute atomic E-state index is 0.203. The number of anilines is 1. The summed E-state index contributed by atoms with van der Waals surface area (Å²) in [6.07, 6.45) is 1.61. The molecule has 0 atom stereocenters. The lowest BCUT2D eigenvalue weighted by molar-refractivity contribution is 0.0642. The van der Waals surface area contributed by atoms with E-state index in [9.17, 15) is 9.59 Å². The summed E-state index contributed by atoms with van der Waals surface area (Å²) in [5.74, 6) is -0.661. The lowest BCUT2D eigenvalue weighted by atomic mass is 10.1. The molecule has 0 saturated heterocycles. The zero-order valence-electron chi connectivity index (χ0n) is 10.3. The summed E-state index contributed by atoms with van der Waals surface area (Å²) in [6.45, 7) is 2.04. The average Bonchev–Trinajstić information content (AvgIpc) is 2.88. The van der Waals surface area contributed by atoms with E-state index >= 15 is 0 Å². The predicted octanol–water partition coefficient (Wildman–Crippen LogP) is 1.10. The number of amides is 2. The highest BCUT2D eigenvalue weighted by Crippen LogP contribution is 2.28. The molecular formula is C13H12N4O2. The van der Waals surface area contributed by atoms with Crippen LogP contribution in [0.5, 0.6) is 0 Å². The Balaban J connectivity index is 1.99. The molecule has 2 heterocycles. The van der Waals surface area contributed by atoms with Gasteiger partial charge in [-0.15, -0.1) is 0 Å². The molecule has 0 fully saturated rings. The highest BCUT2D eigenvalue weighted by molar-refractivity contribution is 6.23.